The van der Waals surface area contributed by atoms with E-state index in [0.29, 0.717) is 12.1 Å². The molecule has 2 N–H and O–H groups in total. The molecule has 1 aromatic rings. The summed E-state index contributed by atoms with van der Waals surface area (Å²) < 4.78 is 13.1. The predicted octanol–water partition coefficient (Wildman–Crippen LogP) is 1.54. The first-order valence-corrected chi connectivity index (χ1v) is 3.99. The Bertz CT molecular complexity index is 483. The Morgan fingerprint density at radius 3 is 2.62 bits per heavy atom. The molecule has 0 fully saturated rings. The highest BCUT2D eigenvalue weighted by molar-refractivity contribution is 5.85. The van der Waals surface area contributed by atoms with Gasteiger partial charge in [0.1, 0.15) is 5.82 Å². The fraction of sp³-hybridized carbons (Fsp3) is 0. The van der Waals surface area contributed by atoms with Crippen molar-refractivity contribution in [3.8, 4) is 5.75 Å². The van der Waals surface area contributed by atoms with Gasteiger partial charge in [-0.25, -0.2) is 9.18 Å². The third-order valence-electron chi connectivity index (χ3n) is 1.70. The van der Waals surface area contributed by atoms with Crippen molar-refractivity contribution in [1.29, 1.82) is 0 Å². The van der Waals surface area contributed by atoms with Gasteiger partial charge in [0.05, 0.1) is 4.92 Å². The number of phenolic OH excluding ortho intramolecular Hbond substituents is 1. The molecule has 6 nitrogen and oxygen atoms in total. The molecule has 84 valence electrons. The summed E-state index contributed by atoms with van der Waals surface area (Å²) in [5.41, 5.74) is -0.974. The van der Waals surface area contributed by atoms with Gasteiger partial charge in [0.25, 0.3) is 0 Å². The number of nitrogens with zero attached hydrogens (tertiary/aromatic N) is 1. The van der Waals surface area contributed by atoms with Gasteiger partial charge in [-0.05, 0) is 6.08 Å². The van der Waals surface area contributed by atoms with E-state index in [2.05, 4.69) is 0 Å². The minimum absolute atomic E-state index is 0.285. The van der Waals surface area contributed by atoms with Crippen LogP contribution in [0.4, 0.5) is 10.1 Å². The van der Waals surface area contributed by atoms with Gasteiger partial charge in [-0.3, -0.25) is 10.1 Å². The van der Waals surface area contributed by atoms with Crippen LogP contribution < -0.4 is 0 Å². The second-order valence-electron chi connectivity index (χ2n) is 2.79. The molecule has 0 heterocycles. The monoisotopic (exact) mass is 227 g/mol. The van der Waals surface area contributed by atoms with Crippen molar-refractivity contribution in [3.63, 3.8) is 0 Å². The van der Waals surface area contributed by atoms with Gasteiger partial charge in [-0.15, -0.1) is 0 Å². The van der Waals surface area contributed by atoms with Crippen LogP contribution in [-0.4, -0.2) is 21.1 Å². The van der Waals surface area contributed by atoms with Gasteiger partial charge in [-0.1, -0.05) is 0 Å². The quantitative estimate of drug-likeness (QED) is 0.463. The molecule has 0 saturated carbocycles. The fourth-order valence-electron chi connectivity index (χ4n) is 1.00. The molecule has 0 amide bonds. The summed E-state index contributed by atoms with van der Waals surface area (Å²) in [6, 6.07) is 1.31. The lowest BCUT2D eigenvalue weighted by Crippen LogP contribution is -1.93. The standard InChI is InChI=1S/C9H6FNO5/c10-6-4-8(12)7(11(15)16)3-5(6)1-2-9(13)14/h1-4,12H,(H,13,14). The number of carboxylic acid groups (broad SMARTS) is 1. The normalized spacial score (nSPS) is 10.6. The number of benzene rings is 1. The van der Waals surface area contributed by atoms with Crippen LogP contribution in [0.25, 0.3) is 6.08 Å². The number of carbonyl (C=O) groups is 1. The minimum Gasteiger partial charge on any atom is -0.502 e. The van der Waals surface area contributed by atoms with Crippen molar-refractivity contribution in [1.82, 2.24) is 0 Å². The number of aromatic hydroxyl groups is 1. The lowest BCUT2D eigenvalue weighted by atomic mass is 10.1. The summed E-state index contributed by atoms with van der Waals surface area (Å²) in [5.74, 6) is -3.06. The molecule has 0 radical (unpaired) electrons. The van der Waals surface area contributed by atoms with Gasteiger partial charge in [0.15, 0.2) is 5.75 Å². The number of carboxylic acids is 1. The number of nitro benzene ring substituents is 1. The Kier molecular flexibility index (Phi) is 3.19. The van der Waals surface area contributed by atoms with E-state index < -0.39 is 28.1 Å². The lowest BCUT2D eigenvalue weighted by molar-refractivity contribution is -0.385. The molecule has 0 atom stereocenters. The fourth-order valence-corrected chi connectivity index (χ4v) is 1.00. The first-order chi connectivity index (χ1) is 7.41. The van der Waals surface area contributed by atoms with Crippen LogP contribution in [-0.2, 0) is 4.79 Å². The van der Waals surface area contributed by atoms with Crippen LogP contribution in [0.3, 0.4) is 0 Å². The summed E-state index contributed by atoms with van der Waals surface area (Å²) in [6.45, 7) is 0. The van der Waals surface area contributed by atoms with Crippen molar-refractivity contribution >= 4 is 17.7 Å². The van der Waals surface area contributed by atoms with E-state index in [-0.39, 0.29) is 5.56 Å². The van der Waals surface area contributed by atoms with Crippen LogP contribution in [0.2, 0.25) is 0 Å². The molecule has 7 heteroatoms. The molecule has 0 aliphatic rings. The summed E-state index contributed by atoms with van der Waals surface area (Å²) in [4.78, 5) is 19.7. The first-order valence-electron chi connectivity index (χ1n) is 3.99. The van der Waals surface area contributed by atoms with Crippen LogP contribution in [0.1, 0.15) is 5.56 Å². The highest BCUT2D eigenvalue weighted by Gasteiger charge is 2.16. The molecule has 0 bridgehead atoms. The van der Waals surface area contributed by atoms with Crippen molar-refractivity contribution in [2.45, 2.75) is 0 Å². The Morgan fingerprint density at radius 2 is 2.12 bits per heavy atom. The zero-order valence-corrected chi connectivity index (χ0v) is 7.75. The average molecular weight is 227 g/mol. The van der Waals surface area contributed by atoms with E-state index in [1.807, 2.05) is 0 Å². The molecule has 1 aromatic carbocycles. The second kappa shape index (κ2) is 4.39. The van der Waals surface area contributed by atoms with Gasteiger partial charge >= 0.3 is 11.7 Å². The largest absolute Gasteiger partial charge is 0.502 e. The van der Waals surface area contributed by atoms with Crippen molar-refractivity contribution in [3.05, 3.63) is 39.7 Å². The number of hydrogen-bond donors (Lipinski definition) is 2. The van der Waals surface area contributed by atoms with E-state index in [4.69, 9.17) is 10.2 Å². The number of phenols is 1. The molecule has 0 aromatic heterocycles. The van der Waals surface area contributed by atoms with Crippen LogP contribution in [0.15, 0.2) is 18.2 Å². The molecular weight excluding hydrogens is 221 g/mol. The second-order valence-corrected chi connectivity index (χ2v) is 2.79. The smallest absolute Gasteiger partial charge is 0.328 e. The van der Waals surface area contributed by atoms with Gasteiger partial charge in [-0.2, -0.15) is 0 Å². The van der Waals surface area contributed by atoms with Crippen LogP contribution in [0, 0.1) is 15.9 Å². The van der Waals surface area contributed by atoms with Crippen molar-refractivity contribution in [2.24, 2.45) is 0 Å². The summed E-state index contributed by atoms with van der Waals surface area (Å²) in [7, 11) is 0. The molecule has 0 spiro atoms. The molecule has 0 aliphatic heterocycles. The van der Waals surface area contributed by atoms with Crippen LogP contribution in [0.5, 0.6) is 5.75 Å². The minimum atomic E-state index is -1.31. The van der Waals surface area contributed by atoms with E-state index in [1.54, 1.807) is 0 Å². The zero-order chi connectivity index (χ0) is 12.3. The summed E-state index contributed by atoms with van der Waals surface area (Å²) >= 11 is 0. The number of rotatable bonds is 3. The first kappa shape index (κ1) is 11.6. The highest BCUT2D eigenvalue weighted by Crippen LogP contribution is 2.29. The zero-order valence-electron chi connectivity index (χ0n) is 7.75. The maximum Gasteiger partial charge on any atom is 0.328 e. The Labute approximate surface area is 88.4 Å². The molecular formula is C9H6FNO5. The SMILES string of the molecule is O=C(O)C=Cc1cc([N+](=O)[O-])c(O)cc1F. The predicted molar refractivity (Wildman–Crippen MR) is 51.4 cm³/mol. The molecule has 1 rings (SSSR count). The van der Waals surface area contributed by atoms with Crippen molar-refractivity contribution < 1.29 is 24.3 Å². The topological polar surface area (TPSA) is 101 Å². The highest BCUT2D eigenvalue weighted by atomic mass is 19.1. The average Bonchev–Trinajstić information content (AvgIpc) is 2.15. The number of nitro groups is 1. The van der Waals surface area contributed by atoms with E-state index >= 15 is 0 Å². The molecule has 0 saturated heterocycles. The summed E-state index contributed by atoms with van der Waals surface area (Å²) in [6.07, 6.45) is 1.50. The van der Waals surface area contributed by atoms with E-state index in [9.17, 15) is 19.3 Å². The maximum atomic E-state index is 13.1. The third-order valence-corrected chi connectivity index (χ3v) is 1.70. The van der Waals surface area contributed by atoms with E-state index in [1.165, 1.54) is 0 Å². The van der Waals surface area contributed by atoms with Gasteiger partial charge in [0, 0.05) is 23.8 Å². The Morgan fingerprint density at radius 1 is 1.50 bits per heavy atom. The van der Waals surface area contributed by atoms with Crippen LogP contribution >= 0.6 is 0 Å². The number of hydrogen-bond acceptors (Lipinski definition) is 4. The molecule has 0 aliphatic carbocycles. The third kappa shape index (κ3) is 2.53. The molecule has 16 heavy (non-hydrogen) atoms. The Balaban J connectivity index is 3.25. The van der Waals surface area contributed by atoms with Gasteiger partial charge in [0.2, 0.25) is 0 Å². The van der Waals surface area contributed by atoms with E-state index in [0.717, 1.165) is 12.1 Å². The lowest BCUT2D eigenvalue weighted by Gasteiger charge is -1.99. The van der Waals surface area contributed by atoms with Crippen molar-refractivity contribution in [2.75, 3.05) is 0 Å². The number of aliphatic carboxylic acids is 1. The van der Waals surface area contributed by atoms with Gasteiger partial charge < -0.3 is 10.2 Å². The maximum absolute atomic E-state index is 13.1. The molecule has 0 unspecified atom stereocenters. The number of halogens is 1. The summed E-state index contributed by atoms with van der Waals surface area (Å²) in [5, 5.41) is 27.8. The Hall–Kier alpha value is -2.44.